The van der Waals surface area contributed by atoms with Gasteiger partial charge >= 0.3 is 0 Å². The fourth-order valence-corrected chi connectivity index (χ4v) is 1.31. The van der Waals surface area contributed by atoms with Crippen LogP contribution in [0.3, 0.4) is 0 Å². The molecule has 1 rings (SSSR count). The fraction of sp³-hybridized carbons (Fsp3) is 0.417. The first kappa shape index (κ1) is 11.6. The largest absolute Gasteiger partial charge is 0.493 e. The lowest BCUT2D eigenvalue weighted by Gasteiger charge is -2.19. The molecule has 1 aromatic carbocycles. The van der Waals surface area contributed by atoms with Crippen LogP contribution in [0.4, 0.5) is 0 Å². The second-order valence-corrected chi connectivity index (χ2v) is 3.91. The van der Waals surface area contributed by atoms with E-state index < -0.39 is 5.41 Å². The van der Waals surface area contributed by atoms with Gasteiger partial charge in [-0.05, 0) is 31.5 Å². The van der Waals surface area contributed by atoms with Crippen molar-refractivity contribution in [3.63, 3.8) is 0 Å². The maximum atomic E-state index is 10.9. The van der Waals surface area contributed by atoms with Crippen LogP contribution >= 0.6 is 0 Å². The van der Waals surface area contributed by atoms with E-state index in [-0.39, 0.29) is 0 Å². The van der Waals surface area contributed by atoms with Crippen molar-refractivity contribution in [1.82, 2.24) is 0 Å². The Morgan fingerprint density at radius 3 is 2.20 bits per heavy atom. The molecule has 0 aromatic heterocycles. The van der Waals surface area contributed by atoms with Gasteiger partial charge < -0.3 is 14.3 Å². The van der Waals surface area contributed by atoms with Crippen LogP contribution in [0.5, 0.6) is 11.5 Å². The Balaban J connectivity index is 3.19. The molecular weight excluding hydrogens is 192 g/mol. The minimum Gasteiger partial charge on any atom is -0.493 e. The second kappa shape index (κ2) is 4.34. The van der Waals surface area contributed by atoms with Crippen LogP contribution in [-0.2, 0) is 10.2 Å². The van der Waals surface area contributed by atoms with Gasteiger partial charge in [-0.25, -0.2) is 0 Å². The molecule has 0 bridgehead atoms. The van der Waals surface area contributed by atoms with Crippen molar-refractivity contribution in [3.8, 4) is 11.5 Å². The van der Waals surface area contributed by atoms with E-state index in [1.165, 1.54) is 0 Å². The van der Waals surface area contributed by atoms with Crippen LogP contribution in [0.2, 0.25) is 0 Å². The first-order chi connectivity index (χ1) is 7.05. The smallest absolute Gasteiger partial charge is 0.161 e. The number of carbonyl (C=O) groups excluding carboxylic acids is 1. The van der Waals surface area contributed by atoms with E-state index in [2.05, 4.69) is 0 Å². The zero-order chi connectivity index (χ0) is 11.5. The van der Waals surface area contributed by atoms with E-state index in [9.17, 15) is 4.79 Å². The summed E-state index contributed by atoms with van der Waals surface area (Å²) < 4.78 is 10.3. The van der Waals surface area contributed by atoms with Gasteiger partial charge in [0.1, 0.15) is 6.29 Å². The lowest BCUT2D eigenvalue weighted by Crippen LogP contribution is -2.18. The van der Waals surface area contributed by atoms with Crippen LogP contribution in [0.15, 0.2) is 18.2 Å². The molecule has 3 heteroatoms. The summed E-state index contributed by atoms with van der Waals surface area (Å²) in [6, 6.07) is 5.50. The topological polar surface area (TPSA) is 35.5 Å². The number of ether oxygens (including phenoxy) is 2. The minimum absolute atomic E-state index is 0.500. The Labute approximate surface area is 90.0 Å². The summed E-state index contributed by atoms with van der Waals surface area (Å²) >= 11 is 0. The van der Waals surface area contributed by atoms with Gasteiger partial charge in [0, 0.05) is 5.41 Å². The number of methoxy groups -OCH3 is 2. The zero-order valence-corrected chi connectivity index (χ0v) is 9.53. The summed E-state index contributed by atoms with van der Waals surface area (Å²) in [5.41, 5.74) is 0.412. The average Bonchev–Trinajstić information content (AvgIpc) is 2.28. The highest BCUT2D eigenvalue weighted by Gasteiger charge is 2.21. The molecular formula is C12H16O3. The third kappa shape index (κ3) is 2.29. The number of aldehydes is 1. The first-order valence-corrected chi connectivity index (χ1v) is 4.74. The van der Waals surface area contributed by atoms with Crippen molar-refractivity contribution < 1.29 is 14.3 Å². The number of benzene rings is 1. The Morgan fingerprint density at radius 1 is 1.13 bits per heavy atom. The van der Waals surface area contributed by atoms with Gasteiger partial charge in [-0.15, -0.1) is 0 Å². The van der Waals surface area contributed by atoms with Crippen molar-refractivity contribution in [1.29, 1.82) is 0 Å². The normalized spacial score (nSPS) is 10.9. The van der Waals surface area contributed by atoms with E-state index in [0.29, 0.717) is 11.5 Å². The standard InChI is InChI=1S/C12H16O3/c1-12(2,8-13)9-5-6-10(14-3)11(7-9)15-4/h5-8H,1-4H3. The van der Waals surface area contributed by atoms with Crippen LogP contribution in [-0.4, -0.2) is 20.5 Å². The molecule has 0 saturated heterocycles. The number of hydrogen-bond acceptors (Lipinski definition) is 3. The van der Waals surface area contributed by atoms with Gasteiger partial charge in [-0.1, -0.05) is 6.07 Å². The van der Waals surface area contributed by atoms with Crippen LogP contribution in [0.1, 0.15) is 19.4 Å². The van der Waals surface area contributed by atoms with Crippen molar-refractivity contribution >= 4 is 6.29 Å². The first-order valence-electron chi connectivity index (χ1n) is 4.74. The molecule has 1 aromatic rings. The van der Waals surface area contributed by atoms with Crippen molar-refractivity contribution in [2.75, 3.05) is 14.2 Å². The Hall–Kier alpha value is -1.51. The SMILES string of the molecule is COc1ccc(C(C)(C)C=O)cc1OC. The Kier molecular flexibility index (Phi) is 3.35. The molecule has 0 aliphatic carbocycles. The van der Waals surface area contributed by atoms with Crippen LogP contribution in [0, 0.1) is 0 Å². The summed E-state index contributed by atoms with van der Waals surface area (Å²) in [7, 11) is 3.16. The fourth-order valence-electron chi connectivity index (χ4n) is 1.31. The van der Waals surface area contributed by atoms with Crippen molar-refractivity contribution in [3.05, 3.63) is 23.8 Å². The molecule has 3 nitrogen and oxygen atoms in total. The van der Waals surface area contributed by atoms with Crippen molar-refractivity contribution in [2.24, 2.45) is 0 Å². The molecule has 0 spiro atoms. The summed E-state index contributed by atoms with van der Waals surface area (Å²) in [5, 5.41) is 0. The van der Waals surface area contributed by atoms with Gasteiger partial charge in [0.2, 0.25) is 0 Å². The van der Waals surface area contributed by atoms with Crippen LogP contribution in [0.25, 0.3) is 0 Å². The average molecular weight is 208 g/mol. The molecule has 0 atom stereocenters. The highest BCUT2D eigenvalue weighted by Crippen LogP contribution is 2.32. The molecule has 15 heavy (non-hydrogen) atoms. The van der Waals surface area contributed by atoms with Crippen LogP contribution < -0.4 is 9.47 Å². The second-order valence-electron chi connectivity index (χ2n) is 3.91. The van der Waals surface area contributed by atoms with E-state index in [1.54, 1.807) is 20.3 Å². The number of rotatable bonds is 4. The lowest BCUT2D eigenvalue weighted by atomic mass is 9.86. The molecule has 0 heterocycles. The van der Waals surface area contributed by atoms with Gasteiger partial charge in [-0.3, -0.25) is 0 Å². The van der Waals surface area contributed by atoms with E-state index in [4.69, 9.17) is 9.47 Å². The summed E-state index contributed by atoms with van der Waals surface area (Å²) in [5.74, 6) is 1.31. The molecule has 0 aliphatic rings. The maximum Gasteiger partial charge on any atom is 0.161 e. The van der Waals surface area contributed by atoms with Gasteiger partial charge in [-0.2, -0.15) is 0 Å². The zero-order valence-electron chi connectivity index (χ0n) is 9.53. The Bertz CT molecular complexity index is 356. The highest BCUT2D eigenvalue weighted by molar-refractivity contribution is 5.68. The van der Waals surface area contributed by atoms with E-state index in [1.807, 2.05) is 26.0 Å². The summed E-state index contributed by atoms with van der Waals surface area (Å²) in [4.78, 5) is 10.9. The lowest BCUT2D eigenvalue weighted by molar-refractivity contribution is -0.111. The predicted octanol–water partition coefficient (Wildman–Crippen LogP) is 2.18. The summed E-state index contributed by atoms with van der Waals surface area (Å²) in [6.45, 7) is 3.72. The van der Waals surface area contributed by atoms with Gasteiger partial charge in [0.05, 0.1) is 14.2 Å². The predicted molar refractivity (Wildman–Crippen MR) is 58.6 cm³/mol. The van der Waals surface area contributed by atoms with E-state index in [0.717, 1.165) is 11.8 Å². The molecule has 0 aliphatic heterocycles. The molecule has 0 fully saturated rings. The molecule has 0 N–H and O–H groups in total. The molecule has 0 unspecified atom stereocenters. The molecule has 0 saturated carbocycles. The van der Waals surface area contributed by atoms with Gasteiger partial charge in [0.15, 0.2) is 11.5 Å². The third-order valence-corrected chi connectivity index (χ3v) is 2.42. The van der Waals surface area contributed by atoms with Crippen molar-refractivity contribution in [2.45, 2.75) is 19.3 Å². The molecule has 0 radical (unpaired) electrons. The number of carbonyl (C=O) groups is 1. The number of hydrogen-bond donors (Lipinski definition) is 0. The highest BCUT2D eigenvalue weighted by atomic mass is 16.5. The monoisotopic (exact) mass is 208 g/mol. The quantitative estimate of drug-likeness (QED) is 0.711. The molecule has 82 valence electrons. The molecule has 0 amide bonds. The van der Waals surface area contributed by atoms with Gasteiger partial charge in [0.25, 0.3) is 0 Å². The summed E-state index contributed by atoms with van der Waals surface area (Å²) in [6.07, 6.45) is 0.925. The maximum absolute atomic E-state index is 10.9. The minimum atomic E-state index is -0.500. The Morgan fingerprint density at radius 2 is 1.73 bits per heavy atom. The third-order valence-electron chi connectivity index (χ3n) is 2.42. The van der Waals surface area contributed by atoms with E-state index >= 15 is 0 Å².